The Balaban J connectivity index is 1.62. The molecule has 0 saturated heterocycles. The first-order valence-electron chi connectivity index (χ1n) is 9.66. The van der Waals surface area contributed by atoms with E-state index in [0.29, 0.717) is 23.1 Å². The van der Waals surface area contributed by atoms with Crippen LogP contribution in [0.15, 0.2) is 48.5 Å². The van der Waals surface area contributed by atoms with E-state index in [0.717, 1.165) is 29.8 Å². The lowest BCUT2D eigenvalue weighted by molar-refractivity contribution is 0.0933. The summed E-state index contributed by atoms with van der Waals surface area (Å²) in [7, 11) is 3.22. The van der Waals surface area contributed by atoms with Crippen molar-refractivity contribution in [3.8, 4) is 17.2 Å². The van der Waals surface area contributed by atoms with Gasteiger partial charge >= 0.3 is 0 Å². The number of carbonyl (C=O) groups excluding carboxylic acids is 1. The van der Waals surface area contributed by atoms with E-state index in [1.165, 1.54) is 0 Å². The molecule has 1 N–H and O–H groups in total. The number of amides is 1. The molecule has 0 spiro atoms. The fourth-order valence-electron chi connectivity index (χ4n) is 3.45. The molecule has 1 aliphatic carbocycles. The van der Waals surface area contributed by atoms with E-state index in [-0.39, 0.29) is 11.9 Å². The van der Waals surface area contributed by atoms with Gasteiger partial charge in [0.15, 0.2) is 5.69 Å². The number of hydrogen-bond donors (Lipinski definition) is 1. The molecule has 0 aliphatic heterocycles. The fraction of sp³-hybridized carbons (Fsp3) is 0.318. The number of nitrogens with one attached hydrogen (secondary N) is 1. The Morgan fingerprint density at radius 1 is 1.14 bits per heavy atom. The molecule has 1 atom stereocenters. The van der Waals surface area contributed by atoms with E-state index >= 15 is 0 Å². The Morgan fingerprint density at radius 3 is 2.55 bits per heavy atom. The number of carbonyl (C=O) groups is 1. The zero-order chi connectivity index (χ0) is 20.4. The molecule has 3 aromatic rings. The van der Waals surface area contributed by atoms with Gasteiger partial charge in [0.05, 0.1) is 31.6 Å². The standard InChI is InChI=1S/C22H24N4O3/c1-14(18-13-17(28-2)11-12-19(18)29-3)23-22(27)20-21(15-9-10-15)26(25-24-20)16-7-5-4-6-8-16/h4-8,11-15H,9-10H2,1-3H3,(H,23,27). The molecule has 7 heteroatoms. The first kappa shape index (κ1) is 19.0. The van der Waals surface area contributed by atoms with Crippen LogP contribution in [0.5, 0.6) is 11.5 Å². The van der Waals surface area contributed by atoms with E-state index in [4.69, 9.17) is 9.47 Å². The highest BCUT2D eigenvalue weighted by Crippen LogP contribution is 2.42. The number of aromatic nitrogens is 3. The van der Waals surface area contributed by atoms with Gasteiger partial charge in [0.25, 0.3) is 5.91 Å². The highest BCUT2D eigenvalue weighted by Gasteiger charge is 2.34. The third kappa shape index (κ3) is 3.81. The number of rotatable bonds is 7. The van der Waals surface area contributed by atoms with Crippen LogP contribution < -0.4 is 14.8 Å². The van der Waals surface area contributed by atoms with Gasteiger partial charge in [-0.1, -0.05) is 23.4 Å². The van der Waals surface area contributed by atoms with E-state index in [9.17, 15) is 4.79 Å². The molecule has 1 unspecified atom stereocenters. The van der Waals surface area contributed by atoms with Crippen LogP contribution >= 0.6 is 0 Å². The zero-order valence-corrected chi connectivity index (χ0v) is 16.8. The van der Waals surface area contributed by atoms with Crippen LogP contribution in [-0.4, -0.2) is 35.1 Å². The molecule has 4 rings (SSSR count). The average molecular weight is 392 g/mol. The van der Waals surface area contributed by atoms with Crippen LogP contribution in [0.4, 0.5) is 0 Å². The van der Waals surface area contributed by atoms with Crippen LogP contribution in [-0.2, 0) is 0 Å². The summed E-state index contributed by atoms with van der Waals surface area (Å²) < 4.78 is 12.5. The number of para-hydroxylation sites is 1. The number of methoxy groups -OCH3 is 2. The van der Waals surface area contributed by atoms with E-state index in [1.54, 1.807) is 18.9 Å². The highest BCUT2D eigenvalue weighted by atomic mass is 16.5. The van der Waals surface area contributed by atoms with Crippen LogP contribution in [0.3, 0.4) is 0 Å². The maximum atomic E-state index is 13.1. The second kappa shape index (κ2) is 7.95. The molecule has 7 nitrogen and oxygen atoms in total. The van der Waals surface area contributed by atoms with Gasteiger partial charge in [-0.25, -0.2) is 4.68 Å². The molecule has 1 aliphatic rings. The summed E-state index contributed by atoms with van der Waals surface area (Å²) in [5, 5.41) is 11.5. The van der Waals surface area contributed by atoms with Crippen molar-refractivity contribution in [3.05, 3.63) is 65.5 Å². The minimum absolute atomic E-state index is 0.244. The van der Waals surface area contributed by atoms with E-state index < -0.39 is 0 Å². The van der Waals surface area contributed by atoms with Crippen LogP contribution in [0, 0.1) is 0 Å². The molecule has 1 amide bonds. The molecule has 1 aromatic heterocycles. The van der Waals surface area contributed by atoms with E-state index in [1.807, 2.05) is 55.5 Å². The number of ether oxygens (including phenoxy) is 2. The molecule has 29 heavy (non-hydrogen) atoms. The predicted molar refractivity (Wildman–Crippen MR) is 109 cm³/mol. The Hall–Kier alpha value is -3.35. The summed E-state index contributed by atoms with van der Waals surface area (Å²) >= 11 is 0. The van der Waals surface area contributed by atoms with Crippen LogP contribution in [0.25, 0.3) is 5.69 Å². The molecule has 1 saturated carbocycles. The molecular weight excluding hydrogens is 368 g/mol. The molecule has 0 bridgehead atoms. The predicted octanol–water partition coefficient (Wildman–Crippen LogP) is 3.65. The molecular formula is C22H24N4O3. The summed E-state index contributed by atoms with van der Waals surface area (Å²) in [6.07, 6.45) is 2.08. The van der Waals surface area contributed by atoms with Crippen molar-refractivity contribution in [3.63, 3.8) is 0 Å². The van der Waals surface area contributed by atoms with Crippen molar-refractivity contribution >= 4 is 5.91 Å². The Morgan fingerprint density at radius 2 is 1.90 bits per heavy atom. The second-order valence-electron chi connectivity index (χ2n) is 7.15. The van der Waals surface area contributed by atoms with Gasteiger partial charge < -0.3 is 14.8 Å². The van der Waals surface area contributed by atoms with Gasteiger partial charge in [0, 0.05) is 11.5 Å². The number of nitrogens with zero attached hydrogens (tertiary/aromatic N) is 3. The van der Waals surface area contributed by atoms with E-state index in [2.05, 4.69) is 15.6 Å². The second-order valence-corrected chi connectivity index (χ2v) is 7.15. The number of benzene rings is 2. The minimum Gasteiger partial charge on any atom is -0.497 e. The average Bonchev–Trinajstić information content (AvgIpc) is 3.51. The van der Waals surface area contributed by atoms with Gasteiger partial charge in [-0.05, 0) is 50.1 Å². The van der Waals surface area contributed by atoms with Gasteiger partial charge in [0.1, 0.15) is 11.5 Å². The lowest BCUT2D eigenvalue weighted by Crippen LogP contribution is -2.28. The first-order chi connectivity index (χ1) is 14.1. The van der Waals surface area contributed by atoms with Crippen LogP contribution in [0.2, 0.25) is 0 Å². The third-order valence-corrected chi connectivity index (χ3v) is 5.14. The molecule has 2 aromatic carbocycles. The maximum absolute atomic E-state index is 13.1. The lowest BCUT2D eigenvalue weighted by atomic mass is 10.1. The summed E-state index contributed by atoms with van der Waals surface area (Å²) in [6, 6.07) is 15.0. The van der Waals surface area contributed by atoms with Gasteiger partial charge in [-0.15, -0.1) is 5.10 Å². The molecule has 1 heterocycles. The van der Waals surface area contributed by atoms with Crippen molar-refractivity contribution in [1.82, 2.24) is 20.3 Å². The quantitative estimate of drug-likeness (QED) is 0.664. The van der Waals surface area contributed by atoms with Crippen molar-refractivity contribution in [1.29, 1.82) is 0 Å². The van der Waals surface area contributed by atoms with Crippen molar-refractivity contribution < 1.29 is 14.3 Å². The lowest BCUT2D eigenvalue weighted by Gasteiger charge is -2.18. The smallest absolute Gasteiger partial charge is 0.274 e. The monoisotopic (exact) mass is 392 g/mol. The summed E-state index contributed by atoms with van der Waals surface area (Å²) in [6.45, 7) is 1.91. The highest BCUT2D eigenvalue weighted by molar-refractivity contribution is 5.94. The maximum Gasteiger partial charge on any atom is 0.274 e. The van der Waals surface area contributed by atoms with Gasteiger partial charge in [-0.2, -0.15) is 0 Å². The summed E-state index contributed by atoms with van der Waals surface area (Å²) in [4.78, 5) is 13.1. The van der Waals surface area contributed by atoms with Gasteiger partial charge in [0.2, 0.25) is 0 Å². The minimum atomic E-state index is -0.290. The van der Waals surface area contributed by atoms with Crippen LogP contribution in [0.1, 0.15) is 53.5 Å². The molecule has 1 fully saturated rings. The summed E-state index contributed by atoms with van der Waals surface area (Å²) in [5.41, 5.74) is 3.00. The topological polar surface area (TPSA) is 78.3 Å². The Labute approximate surface area is 169 Å². The third-order valence-electron chi connectivity index (χ3n) is 5.14. The normalized spacial score (nSPS) is 14.3. The van der Waals surface area contributed by atoms with Crippen molar-refractivity contribution in [2.45, 2.75) is 31.7 Å². The molecule has 0 radical (unpaired) electrons. The van der Waals surface area contributed by atoms with Crippen molar-refractivity contribution in [2.75, 3.05) is 14.2 Å². The fourth-order valence-corrected chi connectivity index (χ4v) is 3.45. The largest absolute Gasteiger partial charge is 0.497 e. The molecule has 150 valence electrons. The van der Waals surface area contributed by atoms with Crippen molar-refractivity contribution in [2.24, 2.45) is 0 Å². The SMILES string of the molecule is COc1ccc(OC)c(C(C)NC(=O)c2nnn(-c3ccccc3)c2C2CC2)c1. The van der Waals surface area contributed by atoms with Gasteiger partial charge in [-0.3, -0.25) is 4.79 Å². The number of hydrogen-bond acceptors (Lipinski definition) is 5. The Bertz CT molecular complexity index is 1010. The summed E-state index contributed by atoms with van der Waals surface area (Å²) in [5.74, 6) is 1.46. The zero-order valence-electron chi connectivity index (χ0n) is 16.8. The first-order valence-corrected chi connectivity index (χ1v) is 9.66. The Kier molecular flexibility index (Phi) is 5.20.